The van der Waals surface area contributed by atoms with Gasteiger partial charge < -0.3 is 4.84 Å². The highest BCUT2D eigenvalue weighted by Crippen LogP contribution is 2.14. The molecule has 3 rings (SSSR count). The Morgan fingerprint density at radius 2 is 1.83 bits per heavy atom. The van der Waals surface area contributed by atoms with Gasteiger partial charge in [-0.2, -0.15) is 0 Å². The molecule has 23 heavy (non-hydrogen) atoms. The zero-order valence-electron chi connectivity index (χ0n) is 11.7. The minimum absolute atomic E-state index is 0.0148. The monoisotopic (exact) mass is 310 g/mol. The van der Waals surface area contributed by atoms with Crippen molar-refractivity contribution in [3.8, 4) is 0 Å². The number of rotatable bonds is 3. The molecule has 0 saturated heterocycles. The van der Waals surface area contributed by atoms with Crippen molar-refractivity contribution in [2.75, 3.05) is 0 Å². The molecule has 1 heterocycles. The van der Waals surface area contributed by atoms with Crippen LogP contribution in [-0.2, 0) is 0 Å². The average Bonchev–Trinajstić information content (AvgIpc) is 2.57. The summed E-state index contributed by atoms with van der Waals surface area (Å²) in [5.74, 6) is -0.854. The Morgan fingerprint density at radius 3 is 2.61 bits per heavy atom. The molecule has 2 aromatic carbocycles. The molecule has 0 amide bonds. The Kier molecular flexibility index (Phi) is 3.60. The number of carbonyl (C=O) groups excluding carboxylic acids is 1. The average molecular weight is 310 g/mol. The molecule has 0 aliphatic carbocycles. The second kappa shape index (κ2) is 5.72. The number of carbonyl (C=O) groups is 1. The Bertz CT molecular complexity index is 977. The second-order valence-corrected chi connectivity index (χ2v) is 4.71. The van der Waals surface area contributed by atoms with Crippen LogP contribution >= 0.6 is 0 Å². The van der Waals surface area contributed by atoms with Crippen LogP contribution in [0.2, 0.25) is 0 Å². The Balaban J connectivity index is 2.01. The smallest absolute Gasteiger partial charge is 0.327 e. The van der Waals surface area contributed by atoms with E-state index in [2.05, 4.69) is 0 Å². The highest BCUT2D eigenvalue weighted by Gasteiger charge is 2.15. The molecule has 3 aromatic rings. The highest BCUT2D eigenvalue weighted by molar-refractivity contribution is 5.91. The van der Waals surface area contributed by atoms with E-state index in [0.29, 0.717) is 5.52 Å². The molecule has 0 radical (unpaired) electrons. The fourth-order valence-corrected chi connectivity index (χ4v) is 2.14. The van der Waals surface area contributed by atoms with Gasteiger partial charge in [-0.15, -0.1) is 4.73 Å². The summed E-state index contributed by atoms with van der Waals surface area (Å²) in [4.78, 5) is 39.4. The highest BCUT2D eigenvalue weighted by atomic mass is 16.7. The van der Waals surface area contributed by atoms with Gasteiger partial charge >= 0.3 is 5.97 Å². The molecule has 0 aliphatic rings. The molecular weight excluding hydrogens is 300 g/mol. The van der Waals surface area contributed by atoms with Gasteiger partial charge in [0.2, 0.25) is 0 Å². The quantitative estimate of drug-likeness (QED) is 0.546. The molecule has 114 valence electrons. The van der Waals surface area contributed by atoms with E-state index in [1.54, 1.807) is 30.3 Å². The molecule has 0 saturated carbocycles. The van der Waals surface area contributed by atoms with Crippen LogP contribution in [0.3, 0.4) is 0 Å². The number of non-ortho nitro benzene ring substituents is 1. The van der Waals surface area contributed by atoms with Gasteiger partial charge in [0, 0.05) is 23.6 Å². The summed E-state index contributed by atoms with van der Waals surface area (Å²) >= 11 is 0. The van der Waals surface area contributed by atoms with Crippen LogP contribution in [0.1, 0.15) is 10.4 Å². The fourth-order valence-electron chi connectivity index (χ4n) is 2.14. The van der Waals surface area contributed by atoms with Gasteiger partial charge in [0.25, 0.3) is 11.2 Å². The summed E-state index contributed by atoms with van der Waals surface area (Å²) in [6, 6.07) is 14.9. The standard InChI is InChI=1S/C16H10N2O5/c19-15-9-8-11-4-1-2-7-14(11)17(15)23-16(20)12-5-3-6-13(10-12)18(21)22/h1-10H. The first-order valence-corrected chi connectivity index (χ1v) is 6.64. The van der Waals surface area contributed by atoms with Gasteiger partial charge in [0.1, 0.15) is 0 Å². The van der Waals surface area contributed by atoms with Gasteiger partial charge in [-0.1, -0.05) is 24.3 Å². The maximum atomic E-state index is 12.2. The molecule has 0 N–H and O–H groups in total. The fraction of sp³-hybridized carbons (Fsp3) is 0. The lowest BCUT2D eigenvalue weighted by molar-refractivity contribution is -0.384. The van der Waals surface area contributed by atoms with Crippen molar-refractivity contribution in [2.45, 2.75) is 0 Å². The molecule has 0 spiro atoms. The summed E-state index contributed by atoms with van der Waals surface area (Å²) in [6.45, 7) is 0. The third-order valence-corrected chi connectivity index (χ3v) is 3.23. The van der Waals surface area contributed by atoms with Gasteiger partial charge in [0.15, 0.2) is 0 Å². The van der Waals surface area contributed by atoms with E-state index in [1.807, 2.05) is 0 Å². The van der Waals surface area contributed by atoms with E-state index in [1.165, 1.54) is 24.3 Å². The Morgan fingerprint density at radius 1 is 1.04 bits per heavy atom. The number of benzene rings is 2. The van der Waals surface area contributed by atoms with E-state index < -0.39 is 16.5 Å². The zero-order valence-corrected chi connectivity index (χ0v) is 11.7. The van der Waals surface area contributed by atoms with Crippen LogP contribution in [-0.4, -0.2) is 15.6 Å². The van der Waals surface area contributed by atoms with Crippen molar-refractivity contribution >= 4 is 22.6 Å². The molecule has 0 bridgehead atoms. The van der Waals surface area contributed by atoms with E-state index in [0.717, 1.165) is 16.2 Å². The molecule has 7 nitrogen and oxygen atoms in total. The number of hydrogen-bond acceptors (Lipinski definition) is 5. The molecule has 0 unspecified atom stereocenters. The number of nitro groups is 1. The van der Waals surface area contributed by atoms with Crippen LogP contribution < -0.4 is 10.4 Å². The van der Waals surface area contributed by atoms with Gasteiger partial charge in [-0.3, -0.25) is 14.9 Å². The van der Waals surface area contributed by atoms with Crippen molar-refractivity contribution in [3.63, 3.8) is 0 Å². The maximum absolute atomic E-state index is 12.2. The molecule has 0 atom stereocenters. The number of pyridine rings is 1. The van der Waals surface area contributed by atoms with Gasteiger partial charge in [0.05, 0.1) is 16.0 Å². The minimum Gasteiger partial charge on any atom is -0.327 e. The Hall–Kier alpha value is -3.48. The lowest BCUT2D eigenvalue weighted by Crippen LogP contribution is -2.30. The largest absolute Gasteiger partial charge is 0.364 e. The predicted molar refractivity (Wildman–Crippen MR) is 82.2 cm³/mol. The van der Waals surface area contributed by atoms with Crippen LogP contribution in [0.5, 0.6) is 0 Å². The third-order valence-electron chi connectivity index (χ3n) is 3.23. The number of hydrogen-bond donors (Lipinski definition) is 0. The molecular formula is C16H10N2O5. The van der Waals surface area contributed by atoms with E-state index in [4.69, 9.17) is 4.84 Å². The predicted octanol–water partition coefficient (Wildman–Crippen LogP) is 2.18. The van der Waals surface area contributed by atoms with Crippen LogP contribution in [0, 0.1) is 10.1 Å². The molecule has 1 aromatic heterocycles. The minimum atomic E-state index is -0.854. The van der Waals surface area contributed by atoms with Gasteiger partial charge in [-0.25, -0.2) is 4.79 Å². The summed E-state index contributed by atoms with van der Waals surface area (Å²) in [5, 5.41) is 11.5. The number of aromatic nitrogens is 1. The van der Waals surface area contributed by atoms with Crippen LogP contribution in [0.25, 0.3) is 10.9 Å². The third kappa shape index (κ3) is 2.80. The Labute approximate surface area is 129 Å². The number of para-hydroxylation sites is 1. The normalized spacial score (nSPS) is 10.4. The lowest BCUT2D eigenvalue weighted by atomic mass is 10.2. The second-order valence-electron chi connectivity index (χ2n) is 4.71. The number of nitrogens with zero attached hydrogens (tertiary/aromatic N) is 2. The summed E-state index contributed by atoms with van der Waals surface area (Å²) in [7, 11) is 0. The zero-order chi connectivity index (χ0) is 16.4. The van der Waals surface area contributed by atoms with Crippen LogP contribution in [0.15, 0.2) is 65.5 Å². The first kappa shape index (κ1) is 14.5. The van der Waals surface area contributed by atoms with Gasteiger partial charge in [-0.05, 0) is 18.2 Å². The van der Waals surface area contributed by atoms with Crippen LogP contribution in [0.4, 0.5) is 5.69 Å². The van der Waals surface area contributed by atoms with E-state index in [9.17, 15) is 19.7 Å². The van der Waals surface area contributed by atoms with Crippen molar-refractivity contribution in [2.24, 2.45) is 0 Å². The number of fused-ring (bicyclic) bond motifs is 1. The molecule has 0 aliphatic heterocycles. The first-order valence-electron chi connectivity index (χ1n) is 6.64. The summed E-state index contributed by atoms with van der Waals surface area (Å²) < 4.78 is 0.872. The first-order chi connectivity index (χ1) is 11.1. The van der Waals surface area contributed by atoms with E-state index >= 15 is 0 Å². The summed E-state index contributed by atoms with van der Waals surface area (Å²) in [5.41, 5.74) is -0.329. The lowest BCUT2D eigenvalue weighted by Gasteiger charge is -2.09. The molecule has 0 fully saturated rings. The van der Waals surface area contributed by atoms with Crippen molar-refractivity contribution in [3.05, 3.63) is 86.7 Å². The maximum Gasteiger partial charge on any atom is 0.364 e. The number of nitro benzene ring substituents is 1. The molecule has 7 heteroatoms. The van der Waals surface area contributed by atoms with Crippen molar-refractivity contribution < 1.29 is 14.6 Å². The van der Waals surface area contributed by atoms with Crippen molar-refractivity contribution in [1.29, 1.82) is 0 Å². The van der Waals surface area contributed by atoms with E-state index in [-0.39, 0.29) is 11.3 Å². The SMILES string of the molecule is O=C(On1c(=O)ccc2ccccc21)c1cccc([N+](=O)[O-])c1. The summed E-state index contributed by atoms with van der Waals surface area (Å²) in [6.07, 6.45) is 0. The topological polar surface area (TPSA) is 91.4 Å². The van der Waals surface area contributed by atoms with Crippen molar-refractivity contribution in [1.82, 2.24) is 4.73 Å².